The molecule has 9 nitrogen and oxygen atoms in total. The van der Waals surface area contributed by atoms with Crippen LogP contribution in [0.15, 0.2) is 11.2 Å². The zero-order valence-corrected chi connectivity index (χ0v) is 10.1. The summed E-state index contributed by atoms with van der Waals surface area (Å²) in [5.41, 5.74) is 0. The van der Waals surface area contributed by atoms with Crippen molar-refractivity contribution in [1.82, 2.24) is 29.8 Å². The lowest BCUT2D eigenvalue weighted by molar-refractivity contribution is 0.594. The molecule has 0 fully saturated rings. The molecule has 0 amide bonds. The second-order valence-corrected chi connectivity index (χ2v) is 5.00. The normalized spacial score (nSPS) is 11.9. The van der Waals surface area contributed by atoms with Crippen molar-refractivity contribution in [2.45, 2.75) is 18.5 Å². The maximum atomic E-state index is 11.1. The van der Waals surface area contributed by atoms with E-state index < -0.39 is 10.0 Å². The summed E-state index contributed by atoms with van der Waals surface area (Å²) in [6, 6.07) is 0. The van der Waals surface area contributed by atoms with Gasteiger partial charge in [0, 0.05) is 6.20 Å². The van der Waals surface area contributed by atoms with Crippen LogP contribution in [0.2, 0.25) is 0 Å². The fourth-order valence-electron chi connectivity index (χ4n) is 1.32. The molecule has 0 aliphatic heterocycles. The summed E-state index contributed by atoms with van der Waals surface area (Å²) in [6.07, 6.45) is 1.35. The van der Waals surface area contributed by atoms with Gasteiger partial charge in [0.15, 0.2) is 10.9 Å². The van der Waals surface area contributed by atoms with Crippen molar-refractivity contribution in [3.63, 3.8) is 0 Å². The van der Waals surface area contributed by atoms with Gasteiger partial charge in [0.05, 0.1) is 13.6 Å². The first kappa shape index (κ1) is 11.7. The number of hydrogen-bond donors (Lipinski definition) is 1. The standard InChI is InChI=1S/C7H11N7O2S/c1-5-9-7(17(8,15)16)4-14(5)3-6-10-12-13(2)11-6/h4H,3H2,1-2H3,(H2,8,15,16). The molecule has 0 atom stereocenters. The molecule has 2 N–H and O–H groups in total. The van der Waals surface area contributed by atoms with Crippen LogP contribution in [0.25, 0.3) is 0 Å². The minimum atomic E-state index is -3.79. The maximum Gasteiger partial charge on any atom is 0.257 e. The molecule has 92 valence electrons. The van der Waals surface area contributed by atoms with E-state index in [1.54, 1.807) is 18.5 Å². The van der Waals surface area contributed by atoms with Crippen LogP contribution in [0.3, 0.4) is 0 Å². The molecule has 2 heterocycles. The van der Waals surface area contributed by atoms with E-state index in [2.05, 4.69) is 20.4 Å². The van der Waals surface area contributed by atoms with Gasteiger partial charge in [0.25, 0.3) is 10.0 Å². The molecule has 0 saturated carbocycles. The molecular formula is C7H11N7O2S. The first-order valence-corrected chi connectivity index (χ1v) is 6.20. The number of hydrogen-bond acceptors (Lipinski definition) is 6. The molecule has 0 aromatic carbocycles. The molecule has 0 spiro atoms. The van der Waals surface area contributed by atoms with Crippen LogP contribution in [0.1, 0.15) is 11.6 Å². The topological polar surface area (TPSA) is 122 Å². The van der Waals surface area contributed by atoms with Crippen LogP contribution in [0.5, 0.6) is 0 Å². The summed E-state index contributed by atoms with van der Waals surface area (Å²) in [4.78, 5) is 5.17. The lowest BCUT2D eigenvalue weighted by Crippen LogP contribution is -2.12. The Morgan fingerprint density at radius 1 is 1.47 bits per heavy atom. The van der Waals surface area contributed by atoms with Crippen molar-refractivity contribution in [3.8, 4) is 0 Å². The van der Waals surface area contributed by atoms with Crippen molar-refractivity contribution in [3.05, 3.63) is 17.8 Å². The summed E-state index contributed by atoms with van der Waals surface area (Å²) >= 11 is 0. The van der Waals surface area contributed by atoms with Crippen LogP contribution in [-0.4, -0.2) is 38.2 Å². The van der Waals surface area contributed by atoms with E-state index in [0.717, 1.165) is 0 Å². The fraction of sp³-hybridized carbons (Fsp3) is 0.429. The summed E-state index contributed by atoms with van der Waals surface area (Å²) < 4.78 is 23.8. The minimum absolute atomic E-state index is 0.168. The maximum absolute atomic E-state index is 11.1. The highest BCUT2D eigenvalue weighted by Gasteiger charge is 2.15. The van der Waals surface area contributed by atoms with E-state index in [1.165, 1.54) is 11.0 Å². The average molecular weight is 257 g/mol. The van der Waals surface area contributed by atoms with Gasteiger partial charge in [0.2, 0.25) is 0 Å². The number of aryl methyl sites for hydroxylation is 2. The average Bonchev–Trinajstić information content (AvgIpc) is 2.74. The van der Waals surface area contributed by atoms with Crippen molar-refractivity contribution in [2.75, 3.05) is 0 Å². The van der Waals surface area contributed by atoms with Crippen molar-refractivity contribution in [1.29, 1.82) is 0 Å². The van der Waals surface area contributed by atoms with E-state index in [-0.39, 0.29) is 5.03 Å². The molecule has 0 aliphatic rings. The summed E-state index contributed by atoms with van der Waals surface area (Å²) in [5.74, 6) is 0.982. The molecule has 0 bridgehead atoms. The van der Waals surface area contributed by atoms with Crippen molar-refractivity contribution < 1.29 is 8.42 Å². The van der Waals surface area contributed by atoms with Gasteiger partial charge >= 0.3 is 0 Å². The zero-order valence-electron chi connectivity index (χ0n) is 9.27. The quantitative estimate of drug-likeness (QED) is 0.707. The summed E-state index contributed by atoms with van der Waals surface area (Å²) in [5, 5.41) is 16.3. The molecule has 2 rings (SSSR count). The highest BCUT2D eigenvalue weighted by molar-refractivity contribution is 7.89. The second-order valence-electron chi connectivity index (χ2n) is 3.49. The third-order valence-corrected chi connectivity index (χ3v) is 2.89. The highest BCUT2D eigenvalue weighted by atomic mass is 32.2. The lowest BCUT2D eigenvalue weighted by Gasteiger charge is -1.98. The van der Waals surface area contributed by atoms with Crippen LogP contribution in [0.4, 0.5) is 0 Å². The number of aromatic nitrogens is 6. The van der Waals surface area contributed by atoms with Crippen LogP contribution < -0.4 is 5.14 Å². The zero-order chi connectivity index (χ0) is 12.6. The van der Waals surface area contributed by atoms with Crippen LogP contribution >= 0.6 is 0 Å². The largest absolute Gasteiger partial charge is 0.326 e. The molecule has 2 aromatic heterocycles. The fourth-order valence-corrected chi connectivity index (χ4v) is 1.85. The number of nitrogens with zero attached hydrogens (tertiary/aromatic N) is 6. The predicted octanol–water partition coefficient (Wildman–Crippen LogP) is -1.59. The van der Waals surface area contributed by atoms with E-state index >= 15 is 0 Å². The highest BCUT2D eigenvalue weighted by Crippen LogP contribution is 2.08. The molecule has 2 aromatic rings. The van der Waals surface area contributed by atoms with Gasteiger partial charge < -0.3 is 4.57 Å². The van der Waals surface area contributed by atoms with Crippen molar-refractivity contribution in [2.24, 2.45) is 12.2 Å². The Morgan fingerprint density at radius 2 is 2.18 bits per heavy atom. The van der Waals surface area contributed by atoms with Gasteiger partial charge in [-0.1, -0.05) is 0 Å². The van der Waals surface area contributed by atoms with Gasteiger partial charge in [-0.05, 0) is 12.1 Å². The predicted molar refractivity (Wildman–Crippen MR) is 56.2 cm³/mol. The number of imidazole rings is 1. The van der Waals surface area contributed by atoms with E-state index in [9.17, 15) is 8.42 Å². The number of primary sulfonamides is 1. The number of tetrazole rings is 1. The first-order chi connectivity index (χ1) is 7.86. The number of nitrogens with two attached hydrogens (primary N) is 1. The molecule has 17 heavy (non-hydrogen) atoms. The Bertz CT molecular complexity index is 641. The van der Waals surface area contributed by atoms with Crippen LogP contribution in [-0.2, 0) is 23.6 Å². The number of sulfonamides is 1. The monoisotopic (exact) mass is 257 g/mol. The smallest absolute Gasteiger partial charge is 0.257 e. The SMILES string of the molecule is Cc1nc(S(N)(=O)=O)cn1Cc1nnn(C)n1. The first-order valence-electron chi connectivity index (χ1n) is 4.66. The Labute approximate surface area is 97.3 Å². The van der Waals surface area contributed by atoms with Crippen molar-refractivity contribution >= 4 is 10.0 Å². The Kier molecular flexibility index (Phi) is 2.67. The lowest BCUT2D eigenvalue weighted by atomic mass is 10.5. The van der Waals surface area contributed by atoms with Gasteiger partial charge in [-0.3, -0.25) is 0 Å². The Hall–Kier alpha value is -1.81. The summed E-state index contributed by atoms with van der Waals surface area (Å²) in [7, 11) is -2.14. The number of rotatable bonds is 3. The molecule has 0 saturated heterocycles. The third kappa shape index (κ3) is 2.47. The Balaban J connectivity index is 2.31. The van der Waals surface area contributed by atoms with Gasteiger partial charge in [-0.2, -0.15) is 4.80 Å². The Morgan fingerprint density at radius 3 is 2.65 bits per heavy atom. The molecular weight excluding hydrogens is 246 g/mol. The summed E-state index contributed by atoms with van der Waals surface area (Å²) in [6.45, 7) is 1.97. The minimum Gasteiger partial charge on any atom is -0.326 e. The van der Waals surface area contributed by atoms with E-state index in [1.807, 2.05) is 0 Å². The molecule has 10 heteroatoms. The van der Waals surface area contributed by atoms with E-state index in [0.29, 0.717) is 18.2 Å². The molecule has 0 unspecified atom stereocenters. The molecule has 0 aliphatic carbocycles. The van der Waals surface area contributed by atoms with Gasteiger partial charge in [-0.15, -0.1) is 10.2 Å². The second kappa shape index (κ2) is 3.89. The van der Waals surface area contributed by atoms with Gasteiger partial charge in [0.1, 0.15) is 5.82 Å². The van der Waals surface area contributed by atoms with E-state index in [4.69, 9.17) is 5.14 Å². The third-order valence-electron chi connectivity index (χ3n) is 2.11. The molecule has 0 radical (unpaired) electrons. The van der Waals surface area contributed by atoms with Gasteiger partial charge in [-0.25, -0.2) is 18.5 Å². The van der Waals surface area contributed by atoms with Crippen LogP contribution in [0, 0.1) is 6.92 Å².